The molecule has 2 heteroatoms. The lowest BCUT2D eigenvalue weighted by Crippen LogP contribution is -2.28. The minimum absolute atomic E-state index is 0.422. The molecule has 0 fully saturated rings. The van der Waals surface area contributed by atoms with Crippen LogP contribution in [-0.4, -0.2) is 0 Å². The molecule has 11 rings (SSSR count). The smallest absolute Gasteiger partial charge is 0.0713 e. The van der Waals surface area contributed by atoms with Gasteiger partial charge in [0.05, 0.1) is 5.41 Å². The van der Waals surface area contributed by atoms with E-state index in [2.05, 4.69) is 217 Å². The molecule has 0 unspecified atom stereocenters. The van der Waals surface area contributed by atoms with Crippen LogP contribution in [0.4, 0.5) is 17.1 Å². The third-order valence-corrected chi connectivity index (χ3v) is 12.7. The van der Waals surface area contributed by atoms with Crippen molar-refractivity contribution in [3.8, 4) is 22.3 Å². The Balaban J connectivity index is 0.996. The molecule has 9 aromatic carbocycles. The number of rotatable bonds is 6. The van der Waals surface area contributed by atoms with E-state index in [1.54, 1.807) is 0 Å². The maximum Gasteiger partial charge on any atom is 0.0713 e. The van der Waals surface area contributed by atoms with Gasteiger partial charge >= 0.3 is 0 Å². The number of benzene rings is 9. The Hall–Kier alpha value is -6.74. The minimum Gasteiger partial charge on any atom is -0.311 e. The molecule has 0 aliphatic heterocycles. The fourth-order valence-electron chi connectivity index (χ4n) is 9.13. The molecule has 1 aliphatic rings. The maximum absolute atomic E-state index is 2.36. The second-order valence-electron chi connectivity index (χ2n) is 14.4. The third-order valence-electron chi connectivity index (χ3n) is 11.5. The fourth-order valence-corrected chi connectivity index (χ4v) is 10.3. The Kier molecular flexibility index (Phi) is 7.33. The summed E-state index contributed by atoms with van der Waals surface area (Å²) in [7, 11) is 0. The second-order valence-corrected chi connectivity index (χ2v) is 15.5. The van der Waals surface area contributed by atoms with Crippen LogP contribution in [-0.2, 0) is 5.41 Å². The van der Waals surface area contributed by atoms with Crippen LogP contribution in [0.25, 0.3) is 53.2 Å². The molecule has 55 heavy (non-hydrogen) atoms. The standard InChI is InChI=1S/C53H35NS/c1-3-13-39(14-4-1)53(48-20-10-7-17-45(48)46-18-8-11-21-49(46)53)40-27-31-43(32-28-40)54(41-15-5-2-6-16-41)42-29-23-36(24-30-42)37-25-33-44-38(35-37)26-34-51-52(44)47-19-9-12-22-50(47)55-51/h1-35H. The van der Waals surface area contributed by atoms with Gasteiger partial charge in [-0.05, 0) is 110 Å². The van der Waals surface area contributed by atoms with E-state index in [4.69, 9.17) is 0 Å². The van der Waals surface area contributed by atoms with Crippen LogP contribution in [0.3, 0.4) is 0 Å². The molecule has 0 saturated carbocycles. The quantitative estimate of drug-likeness (QED) is 0.166. The van der Waals surface area contributed by atoms with Crippen molar-refractivity contribution in [3.05, 3.63) is 235 Å². The fraction of sp³-hybridized carbons (Fsp3) is 0.0189. The summed E-state index contributed by atoms with van der Waals surface area (Å²) in [6.45, 7) is 0. The summed E-state index contributed by atoms with van der Waals surface area (Å²) in [5, 5.41) is 5.28. The Labute approximate surface area is 325 Å². The summed E-state index contributed by atoms with van der Waals surface area (Å²) < 4.78 is 2.68. The van der Waals surface area contributed by atoms with Gasteiger partial charge in [0.1, 0.15) is 0 Å². The molecule has 0 N–H and O–H groups in total. The number of para-hydroxylation sites is 1. The van der Waals surface area contributed by atoms with Crippen molar-refractivity contribution in [2.24, 2.45) is 0 Å². The van der Waals surface area contributed by atoms with Crippen molar-refractivity contribution < 1.29 is 0 Å². The first-order chi connectivity index (χ1) is 27.3. The Bertz CT molecular complexity index is 2970. The van der Waals surface area contributed by atoms with Crippen LogP contribution in [0.5, 0.6) is 0 Å². The van der Waals surface area contributed by atoms with Gasteiger partial charge in [-0.25, -0.2) is 0 Å². The lowest BCUT2D eigenvalue weighted by Gasteiger charge is -2.34. The molecule has 1 nitrogen and oxygen atoms in total. The van der Waals surface area contributed by atoms with Gasteiger partial charge in [0, 0.05) is 37.2 Å². The molecule has 10 aromatic rings. The summed E-state index contributed by atoms with van der Waals surface area (Å²) >= 11 is 1.87. The van der Waals surface area contributed by atoms with E-state index in [1.807, 2.05) is 11.3 Å². The molecular formula is C53H35NS. The summed E-state index contributed by atoms with van der Waals surface area (Å²) in [5.74, 6) is 0. The first-order valence-electron chi connectivity index (χ1n) is 18.9. The molecule has 1 aliphatic carbocycles. The van der Waals surface area contributed by atoms with Crippen LogP contribution in [0, 0.1) is 0 Å². The monoisotopic (exact) mass is 717 g/mol. The van der Waals surface area contributed by atoms with Gasteiger partial charge in [-0.1, -0.05) is 158 Å². The van der Waals surface area contributed by atoms with Crippen LogP contribution >= 0.6 is 11.3 Å². The van der Waals surface area contributed by atoms with E-state index >= 15 is 0 Å². The van der Waals surface area contributed by atoms with Crippen LogP contribution in [0.15, 0.2) is 212 Å². The van der Waals surface area contributed by atoms with Crippen molar-refractivity contribution in [1.82, 2.24) is 0 Å². The van der Waals surface area contributed by atoms with Gasteiger partial charge in [-0.3, -0.25) is 0 Å². The predicted octanol–water partition coefficient (Wildman–Crippen LogP) is 14.7. The number of nitrogens with zero attached hydrogens (tertiary/aromatic N) is 1. The molecule has 0 radical (unpaired) electrons. The SMILES string of the molecule is c1ccc(N(c2ccc(-c3ccc4c(ccc5sc6ccccc6c54)c3)cc2)c2ccc(C3(c4ccccc4)c4ccccc4-c4ccccc43)cc2)cc1. The average molecular weight is 718 g/mol. The summed E-state index contributed by atoms with van der Waals surface area (Å²) in [5.41, 5.74) is 13.1. The maximum atomic E-state index is 2.36. The minimum atomic E-state index is -0.422. The number of thiophene rings is 1. The van der Waals surface area contributed by atoms with E-state index in [1.165, 1.54) is 75.5 Å². The largest absolute Gasteiger partial charge is 0.311 e. The van der Waals surface area contributed by atoms with Crippen LogP contribution < -0.4 is 4.90 Å². The highest BCUT2D eigenvalue weighted by Crippen LogP contribution is 2.56. The van der Waals surface area contributed by atoms with E-state index in [9.17, 15) is 0 Å². The van der Waals surface area contributed by atoms with Crippen molar-refractivity contribution in [2.45, 2.75) is 5.41 Å². The molecule has 1 aromatic heterocycles. The van der Waals surface area contributed by atoms with Gasteiger partial charge in [0.2, 0.25) is 0 Å². The molecule has 0 atom stereocenters. The van der Waals surface area contributed by atoms with Crippen molar-refractivity contribution in [2.75, 3.05) is 4.90 Å². The second kappa shape index (κ2) is 12.7. The van der Waals surface area contributed by atoms with Crippen molar-refractivity contribution in [3.63, 3.8) is 0 Å². The first-order valence-corrected chi connectivity index (χ1v) is 19.7. The van der Waals surface area contributed by atoms with E-state index in [0.29, 0.717) is 0 Å². The van der Waals surface area contributed by atoms with Gasteiger partial charge in [0.15, 0.2) is 0 Å². The Morgan fingerprint density at radius 3 is 1.62 bits per heavy atom. The number of hydrogen-bond acceptors (Lipinski definition) is 2. The van der Waals surface area contributed by atoms with Crippen LogP contribution in [0.1, 0.15) is 22.3 Å². The van der Waals surface area contributed by atoms with Gasteiger partial charge in [-0.15, -0.1) is 11.3 Å². The van der Waals surface area contributed by atoms with Crippen molar-refractivity contribution >= 4 is 59.3 Å². The lowest BCUT2D eigenvalue weighted by atomic mass is 9.68. The zero-order valence-electron chi connectivity index (χ0n) is 30.1. The zero-order chi connectivity index (χ0) is 36.3. The van der Waals surface area contributed by atoms with Gasteiger partial charge in [0.25, 0.3) is 0 Å². The summed E-state index contributed by atoms with van der Waals surface area (Å²) in [6.07, 6.45) is 0. The van der Waals surface area contributed by atoms with E-state index in [-0.39, 0.29) is 0 Å². The third kappa shape index (κ3) is 4.92. The highest BCUT2D eigenvalue weighted by Gasteiger charge is 2.45. The molecule has 0 spiro atoms. The van der Waals surface area contributed by atoms with E-state index < -0.39 is 5.41 Å². The van der Waals surface area contributed by atoms with Gasteiger partial charge in [-0.2, -0.15) is 0 Å². The normalized spacial score (nSPS) is 12.9. The molecule has 0 amide bonds. The van der Waals surface area contributed by atoms with Crippen LogP contribution in [0.2, 0.25) is 0 Å². The molecule has 1 heterocycles. The molecule has 0 bridgehead atoms. The molecular weight excluding hydrogens is 683 g/mol. The Morgan fingerprint density at radius 2 is 0.909 bits per heavy atom. The number of fused-ring (bicyclic) bond motifs is 8. The number of hydrogen-bond donors (Lipinski definition) is 0. The number of anilines is 3. The first kappa shape index (κ1) is 31.8. The highest BCUT2D eigenvalue weighted by molar-refractivity contribution is 7.26. The zero-order valence-corrected chi connectivity index (χ0v) is 30.9. The molecule has 258 valence electrons. The lowest BCUT2D eigenvalue weighted by molar-refractivity contribution is 0.768. The predicted molar refractivity (Wildman–Crippen MR) is 234 cm³/mol. The van der Waals surface area contributed by atoms with Crippen molar-refractivity contribution in [1.29, 1.82) is 0 Å². The highest BCUT2D eigenvalue weighted by atomic mass is 32.1. The Morgan fingerprint density at radius 1 is 0.364 bits per heavy atom. The van der Waals surface area contributed by atoms with Gasteiger partial charge < -0.3 is 4.90 Å². The average Bonchev–Trinajstić information content (AvgIpc) is 3.79. The summed E-state index contributed by atoms with van der Waals surface area (Å²) in [6, 6.07) is 78.1. The topological polar surface area (TPSA) is 3.24 Å². The summed E-state index contributed by atoms with van der Waals surface area (Å²) in [4.78, 5) is 2.36. The molecule has 0 saturated heterocycles. The van der Waals surface area contributed by atoms with E-state index in [0.717, 1.165) is 17.1 Å².